The van der Waals surface area contributed by atoms with E-state index in [4.69, 9.17) is 0 Å². The largest absolute Gasteiger partial charge is 0.343 e. The second kappa shape index (κ2) is 8.72. The second-order valence-electron chi connectivity index (χ2n) is 5.16. The van der Waals surface area contributed by atoms with Crippen molar-refractivity contribution in [3.05, 3.63) is 30.3 Å². The molecule has 1 aliphatic rings. The van der Waals surface area contributed by atoms with E-state index in [0.717, 1.165) is 31.6 Å². The fourth-order valence-electron chi connectivity index (χ4n) is 2.34. The van der Waals surface area contributed by atoms with Crippen molar-refractivity contribution >= 4 is 29.3 Å². The second-order valence-corrected chi connectivity index (χ2v) is 6.26. The number of para-hydroxylation sites is 1. The molecule has 114 valence electrons. The Labute approximate surface area is 130 Å². The van der Waals surface area contributed by atoms with Crippen LogP contribution in [0.2, 0.25) is 0 Å². The third-order valence-corrected chi connectivity index (χ3v) is 4.42. The van der Waals surface area contributed by atoms with Gasteiger partial charge in [0.05, 0.1) is 5.75 Å². The van der Waals surface area contributed by atoms with Crippen LogP contribution in [0.5, 0.6) is 0 Å². The number of likely N-dealkylation sites (tertiary alicyclic amines) is 1. The van der Waals surface area contributed by atoms with Gasteiger partial charge in [-0.2, -0.15) is 11.8 Å². The number of hydrogen-bond donors (Lipinski definition) is 1. The van der Waals surface area contributed by atoms with E-state index in [0.29, 0.717) is 17.9 Å². The lowest BCUT2D eigenvalue weighted by atomic mass is 10.1. The lowest BCUT2D eigenvalue weighted by molar-refractivity contribution is -0.131. The van der Waals surface area contributed by atoms with E-state index >= 15 is 0 Å². The Morgan fingerprint density at radius 3 is 2.52 bits per heavy atom. The predicted octanol–water partition coefficient (Wildman–Crippen LogP) is 2.76. The number of piperidine rings is 1. The van der Waals surface area contributed by atoms with Gasteiger partial charge in [0.15, 0.2) is 0 Å². The number of carbonyl (C=O) groups is 2. The van der Waals surface area contributed by atoms with Gasteiger partial charge in [0, 0.05) is 31.0 Å². The maximum atomic E-state index is 11.9. The van der Waals surface area contributed by atoms with Crippen LogP contribution in [-0.2, 0) is 9.59 Å². The van der Waals surface area contributed by atoms with Gasteiger partial charge >= 0.3 is 0 Å². The SMILES string of the molecule is O=C(CSCCC(=O)N1CCCCC1)Nc1ccccc1. The van der Waals surface area contributed by atoms with Crippen LogP contribution in [0.25, 0.3) is 0 Å². The molecule has 21 heavy (non-hydrogen) atoms. The van der Waals surface area contributed by atoms with Crippen molar-refractivity contribution in [3.63, 3.8) is 0 Å². The number of amides is 2. The Hall–Kier alpha value is -1.49. The van der Waals surface area contributed by atoms with Gasteiger partial charge in [-0.25, -0.2) is 0 Å². The van der Waals surface area contributed by atoms with Crippen molar-refractivity contribution < 1.29 is 9.59 Å². The monoisotopic (exact) mass is 306 g/mol. The van der Waals surface area contributed by atoms with Crippen LogP contribution in [0, 0.1) is 0 Å². The normalized spacial score (nSPS) is 14.8. The van der Waals surface area contributed by atoms with Crippen molar-refractivity contribution in [2.75, 3.05) is 29.9 Å². The maximum Gasteiger partial charge on any atom is 0.234 e. The molecular weight excluding hydrogens is 284 g/mol. The molecule has 0 saturated carbocycles. The molecular formula is C16H22N2O2S. The van der Waals surface area contributed by atoms with E-state index in [-0.39, 0.29) is 11.8 Å². The first-order valence-corrected chi connectivity index (χ1v) is 8.61. The number of anilines is 1. The highest BCUT2D eigenvalue weighted by Crippen LogP contribution is 2.12. The van der Waals surface area contributed by atoms with E-state index in [1.807, 2.05) is 35.2 Å². The molecule has 2 rings (SSSR count). The average molecular weight is 306 g/mol. The molecule has 1 N–H and O–H groups in total. The van der Waals surface area contributed by atoms with E-state index in [9.17, 15) is 9.59 Å². The summed E-state index contributed by atoms with van der Waals surface area (Å²) in [5.41, 5.74) is 0.812. The Kier molecular flexibility index (Phi) is 6.60. The topological polar surface area (TPSA) is 49.4 Å². The van der Waals surface area contributed by atoms with Crippen molar-refractivity contribution in [2.45, 2.75) is 25.7 Å². The average Bonchev–Trinajstić information content (AvgIpc) is 2.53. The number of hydrogen-bond acceptors (Lipinski definition) is 3. The van der Waals surface area contributed by atoms with Crippen LogP contribution in [0.1, 0.15) is 25.7 Å². The van der Waals surface area contributed by atoms with Gasteiger partial charge < -0.3 is 10.2 Å². The van der Waals surface area contributed by atoms with Crippen LogP contribution in [-0.4, -0.2) is 41.3 Å². The first-order chi connectivity index (χ1) is 10.3. The fraction of sp³-hybridized carbons (Fsp3) is 0.500. The molecule has 0 spiro atoms. The molecule has 0 unspecified atom stereocenters. The number of nitrogens with zero attached hydrogens (tertiary/aromatic N) is 1. The van der Waals surface area contributed by atoms with Crippen LogP contribution in [0.15, 0.2) is 30.3 Å². The molecule has 1 fully saturated rings. The summed E-state index contributed by atoms with van der Waals surface area (Å²) >= 11 is 1.51. The van der Waals surface area contributed by atoms with Crippen LogP contribution in [0.3, 0.4) is 0 Å². The zero-order valence-electron chi connectivity index (χ0n) is 12.2. The van der Waals surface area contributed by atoms with Crippen LogP contribution in [0.4, 0.5) is 5.69 Å². The van der Waals surface area contributed by atoms with Crippen molar-refractivity contribution in [3.8, 4) is 0 Å². The van der Waals surface area contributed by atoms with Gasteiger partial charge in [-0.05, 0) is 31.4 Å². The lowest BCUT2D eigenvalue weighted by Crippen LogP contribution is -2.35. The lowest BCUT2D eigenvalue weighted by Gasteiger charge is -2.26. The summed E-state index contributed by atoms with van der Waals surface area (Å²) in [7, 11) is 0. The third kappa shape index (κ3) is 5.79. The molecule has 0 bridgehead atoms. The van der Waals surface area contributed by atoms with E-state index in [1.165, 1.54) is 18.2 Å². The molecule has 4 nitrogen and oxygen atoms in total. The van der Waals surface area contributed by atoms with Gasteiger partial charge in [-0.1, -0.05) is 18.2 Å². The zero-order chi connectivity index (χ0) is 14.9. The number of thioether (sulfide) groups is 1. The number of benzene rings is 1. The summed E-state index contributed by atoms with van der Waals surface area (Å²) in [5, 5.41) is 2.84. The number of nitrogens with one attached hydrogen (secondary N) is 1. The first-order valence-electron chi connectivity index (χ1n) is 7.46. The Morgan fingerprint density at radius 2 is 1.81 bits per heavy atom. The Morgan fingerprint density at radius 1 is 1.10 bits per heavy atom. The van der Waals surface area contributed by atoms with E-state index in [2.05, 4.69) is 5.32 Å². The van der Waals surface area contributed by atoms with Gasteiger partial charge in [0.2, 0.25) is 11.8 Å². The van der Waals surface area contributed by atoms with Gasteiger partial charge in [0.25, 0.3) is 0 Å². The van der Waals surface area contributed by atoms with Crippen molar-refractivity contribution in [1.29, 1.82) is 0 Å². The molecule has 5 heteroatoms. The highest BCUT2D eigenvalue weighted by Gasteiger charge is 2.15. The van der Waals surface area contributed by atoms with Crippen molar-refractivity contribution in [1.82, 2.24) is 4.90 Å². The molecule has 1 aromatic rings. The fourth-order valence-corrected chi connectivity index (χ4v) is 3.07. The molecule has 2 amide bonds. The smallest absolute Gasteiger partial charge is 0.234 e. The van der Waals surface area contributed by atoms with E-state index < -0.39 is 0 Å². The van der Waals surface area contributed by atoms with E-state index in [1.54, 1.807) is 0 Å². The van der Waals surface area contributed by atoms with Gasteiger partial charge in [-0.3, -0.25) is 9.59 Å². The number of rotatable bonds is 6. The minimum Gasteiger partial charge on any atom is -0.343 e. The molecule has 1 saturated heterocycles. The summed E-state index contributed by atoms with van der Waals surface area (Å²) in [6.07, 6.45) is 4.01. The summed E-state index contributed by atoms with van der Waals surface area (Å²) in [5.74, 6) is 1.31. The Bertz CT molecular complexity index is 459. The van der Waals surface area contributed by atoms with Gasteiger partial charge in [0.1, 0.15) is 0 Å². The third-order valence-electron chi connectivity index (χ3n) is 3.46. The predicted molar refractivity (Wildman–Crippen MR) is 87.4 cm³/mol. The van der Waals surface area contributed by atoms with Crippen LogP contribution >= 0.6 is 11.8 Å². The highest BCUT2D eigenvalue weighted by molar-refractivity contribution is 7.99. The quantitative estimate of drug-likeness (QED) is 0.822. The molecule has 1 aliphatic heterocycles. The summed E-state index contributed by atoms with van der Waals surface area (Å²) in [6.45, 7) is 1.80. The number of carbonyl (C=O) groups excluding carboxylic acids is 2. The summed E-state index contributed by atoms with van der Waals surface area (Å²) < 4.78 is 0. The molecule has 0 aromatic heterocycles. The van der Waals surface area contributed by atoms with Crippen molar-refractivity contribution in [2.24, 2.45) is 0 Å². The summed E-state index contributed by atoms with van der Waals surface area (Å²) in [4.78, 5) is 25.6. The highest BCUT2D eigenvalue weighted by atomic mass is 32.2. The first kappa shape index (κ1) is 15.9. The van der Waals surface area contributed by atoms with Gasteiger partial charge in [-0.15, -0.1) is 0 Å². The minimum absolute atomic E-state index is 0.0170. The zero-order valence-corrected chi connectivity index (χ0v) is 13.0. The maximum absolute atomic E-state index is 11.9. The minimum atomic E-state index is -0.0170. The molecule has 1 heterocycles. The molecule has 0 atom stereocenters. The molecule has 0 radical (unpaired) electrons. The van der Waals surface area contributed by atoms with Crippen LogP contribution < -0.4 is 5.32 Å². The molecule has 0 aliphatic carbocycles. The Balaban J connectivity index is 1.58. The summed E-state index contributed by atoms with van der Waals surface area (Å²) in [6, 6.07) is 9.42. The standard InChI is InChI=1S/C16H22N2O2S/c19-15(17-14-7-3-1-4-8-14)13-21-12-9-16(20)18-10-5-2-6-11-18/h1,3-4,7-8H,2,5-6,9-13H2,(H,17,19). The molecule has 1 aromatic carbocycles.